The Bertz CT molecular complexity index is 584. The van der Waals surface area contributed by atoms with Crippen LogP contribution in [0.5, 0.6) is 0 Å². The van der Waals surface area contributed by atoms with Crippen LogP contribution in [0.2, 0.25) is 10.0 Å². The molecule has 1 aromatic heterocycles. The molecule has 0 saturated heterocycles. The Labute approximate surface area is 127 Å². The molecule has 0 saturated carbocycles. The lowest BCUT2D eigenvalue weighted by atomic mass is 10.1. The van der Waals surface area contributed by atoms with Gasteiger partial charge in [-0.25, -0.2) is 9.37 Å². The van der Waals surface area contributed by atoms with E-state index < -0.39 is 5.82 Å². The number of hydrogen-bond donors (Lipinski definition) is 2. The van der Waals surface area contributed by atoms with Crippen LogP contribution in [0, 0.1) is 5.82 Å². The molecule has 3 N–H and O–H groups in total. The Balaban J connectivity index is 2.10. The van der Waals surface area contributed by atoms with Crippen LogP contribution in [-0.4, -0.2) is 16.5 Å². The van der Waals surface area contributed by atoms with Gasteiger partial charge in [-0.15, -0.1) is 0 Å². The fourth-order valence-corrected chi connectivity index (χ4v) is 2.45. The molecule has 0 radical (unpaired) electrons. The highest BCUT2D eigenvalue weighted by Crippen LogP contribution is 2.31. The van der Waals surface area contributed by atoms with E-state index in [9.17, 15) is 4.39 Å². The Hall–Kier alpha value is -1.10. The van der Waals surface area contributed by atoms with E-state index in [-0.39, 0.29) is 5.02 Å². The second kappa shape index (κ2) is 7.07. The smallest absolute Gasteiger partial charge is 0.142 e. The van der Waals surface area contributed by atoms with Gasteiger partial charge in [-0.05, 0) is 31.5 Å². The normalized spacial score (nSPS) is 11.0. The molecule has 0 bridgehead atoms. The fourth-order valence-electron chi connectivity index (χ4n) is 1.97. The van der Waals surface area contributed by atoms with Crippen LogP contribution in [0.3, 0.4) is 0 Å². The minimum absolute atomic E-state index is 0.0141. The quantitative estimate of drug-likeness (QED) is 0.620. The van der Waals surface area contributed by atoms with Gasteiger partial charge in [0, 0.05) is 12.0 Å². The Morgan fingerprint density at radius 2 is 1.95 bits per heavy atom. The lowest BCUT2D eigenvalue weighted by Gasteiger charge is -2.03. The van der Waals surface area contributed by atoms with Crippen LogP contribution >= 0.6 is 23.2 Å². The number of H-pyrrole nitrogens is 1. The van der Waals surface area contributed by atoms with Crippen molar-refractivity contribution < 1.29 is 4.39 Å². The number of halogens is 3. The SMILES string of the molecule is NCCCCCc1ncc(-c2cc(F)c(Cl)cc2Cl)[nH]1. The topological polar surface area (TPSA) is 54.7 Å². The predicted molar refractivity (Wildman–Crippen MR) is 80.6 cm³/mol. The zero-order valence-corrected chi connectivity index (χ0v) is 12.4. The molecule has 6 heteroatoms. The predicted octanol–water partition coefficient (Wildman–Crippen LogP) is 4.19. The van der Waals surface area contributed by atoms with Crippen molar-refractivity contribution >= 4 is 23.2 Å². The second-order valence-corrected chi connectivity index (χ2v) is 5.40. The fraction of sp³-hybridized carbons (Fsp3) is 0.357. The van der Waals surface area contributed by atoms with Crippen molar-refractivity contribution in [1.29, 1.82) is 0 Å². The number of aryl methyl sites for hydroxylation is 1. The van der Waals surface area contributed by atoms with E-state index in [2.05, 4.69) is 9.97 Å². The van der Waals surface area contributed by atoms with Gasteiger partial charge in [0.05, 0.1) is 21.9 Å². The lowest BCUT2D eigenvalue weighted by molar-refractivity contribution is 0.628. The highest BCUT2D eigenvalue weighted by molar-refractivity contribution is 6.36. The zero-order valence-electron chi connectivity index (χ0n) is 10.9. The first kappa shape index (κ1) is 15.3. The third-order valence-electron chi connectivity index (χ3n) is 3.05. The molecule has 2 aromatic rings. The summed E-state index contributed by atoms with van der Waals surface area (Å²) in [4.78, 5) is 7.44. The van der Waals surface area contributed by atoms with Gasteiger partial charge < -0.3 is 10.7 Å². The maximum absolute atomic E-state index is 13.5. The van der Waals surface area contributed by atoms with Gasteiger partial charge in [0.25, 0.3) is 0 Å². The van der Waals surface area contributed by atoms with E-state index in [1.807, 2.05) is 0 Å². The first-order valence-corrected chi connectivity index (χ1v) is 7.26. The zero-order chi connectivity index (χ0) is 14.5. The highest BCUT2D eigenvalue weighted by Gasteiger charge is 2.11. The van der Waals surface area contributed by atoms with Crippen LogP contribution in [0.25, 0.3) is 11.3 Å². The van der Waals surface area contributed by atoms with Gasteiger partial charge in [-0.3, -0.25) is 0 Å². The number of imidazole rings is 1. The van der Waals surface area contributed by atoms with Crippen LogP contribution in [0.15, 0.2) is 18.3 Å². The van der Waals surface area contributed by atoms with Gasteiger partial charge in [0.1, 0.15) is 11.6 Å². The maximum atomic E-state index is 13.5. The molecule has 1 aromatic carbocycles. The summed E-state index contributed by atoms with van der Waals surface area (Å²) in [5.74, 6) is 0.369. The van der Waals surface area contributed by atoms with Crippen molar-refractivity contribution in [3.63, 3.8) is 0 Å². The molecule has 0 atom stereocenters. The number of nitrogens with one attached hydrogen (secondary N) is 1. The van der Waals surface area contributed by atoms with Crippen molar-refractivity contribution in [2.45, 2.75) is 25.7 Å². The number of unbranched alkanes of at least 4 members (excludes halogenated alkanes) is 2. The van der Waals surface area contributed by atoms with Gasteiger partial charge in [-0.1, -0.05) is 29.6 Å². The molecule has 0 amide bonds. The molecule has 1 heterocycles. The number of nitrogens with zero attached hydrogens (tertiary/aromatic N) is 1. The van der Waals surface area contributed by atoms with Crippen molar-refractivity contribution in [1.82, 2.24) is 9.97 Å². The van der Waals surface area contributed by atoms with Crippen LogP contribution < -0.4 is 5.73 Å². The Kier molecular flexibility index (Phi) is 5.40. The molecule has 0 aliphatic carbocycles. The number of aromatic amines is 1. The molecule has 0 spiro atoms. The number of nitrogens with two attached hydrogens (primary N) is 1. The van der Waals surface area contributed by atoms with Gasteiger partial charge in [0.15, 0.2) is 0 Å². The molecule has 3 nitrogen and oxygen atoms in total. The molecular formula is C14H16Cl2FN3. The molecule has 108 valence electrons. The largest absolute Gasteiger partial charge is 0.342 e. The van der Waals surface area contributed by atoms with E-state index in [0.29, 0.717) is 22.8 Å². The van der Waals surface area contributed by atoms with Crippen molar-refractivity contribution in [2.24, 2.45) is 5.73 Å². The van der Waals surface area contributed by atoms with E-state index in [0.717, 1.165) is 31.5 Å². The van der Waals surface area contributed by atoms with Gasteiger partial charge in [0.2, 0.25) is 0 Å². The first-order chi connectivity index (χ1) is 9.61. The second-order valence-electron chi connectivity index (χ2n) is 4.59. The van der Waals surface area contributed by atoms with Crippen LogP contribution in [0.4, 0.5) is 4.39 Å². The number of aromatic nitrogens is 2. The minimum Gasteiger partial charge on any atom is -0.342 e. The maximum Gasteiger partial charge on any atom is 0.142 e. The minimum atomic E-state index is -0.495. The highest BCUT2D eigenvalue weighted by atomic mass is 35.5. The van der Waals surface area contributed by atoms with Crippen molar-refractivity contribution in [3.05, 3.63) is 40.0 Å². The van der Waals surface area contributed by atoms with E-state index >= 15 is 0 Å². The summed E-state index contributed by atoms with van der Waals surface area (Å²) < 4.78 is 13.5. The summed E-state index contributed by atoms with van der Waals surface area (Å²) in [5.41, 5.74) is 6.70. The average Bonchev–Trinajstić information content (AvgIpc) is 2.87. The van der Waals surface area contributed by atoms with E-state index in [1.54, 1.807) is 6.20 Å². The summed E-state index contributed by atoms with van der Waals surface area (Å²) in [5, 5.41) is 0.412. The lowest BCUT2D eigenvalue weighted by Crippen LogP contribution is -1.98. The third-order valence-corrected chi connectivity index (χ3v) is 3.65. The molecular weight excluding hydrogens is 300 g/mol. The van der Waals surface area contributed by atoms with Crippen LogP contribution in [0.1, 0.15) is 25.1 Å². The summed E-state index contributed by atoms with van der Waals surface area (Å²) >= 11 is 11.8. The van der Waals surface area contributed by atoms with Gasteiger partial charge >= 0.3 is 0 Å². The molecule has 20 heavy (non-hydrogen) atoms. The first-order valence-electron chi connectivity index (χ1n) is 6.50. The monoisotopic (exact) mass is 315 g/mol. The number of hydrogen-bond acceptors (Lipinski definition) is 2. The summed E-state index contributed by atoms with van der Waals surface area (Å²) in [6.07, 6.45) is 5.61. The average molecular weight is 316 g/mol. The molecule has 2 rings (SSSR count). The van der Waals surface area contributed by atoms with Crippen molar-refractivity contribution in [2.75, 3.05) is 6.54 Å². The Morgan fingerprint density at radius 3 is 2.70 bits per heavy atom. The summed E-state index contributed by atoms with van der Waals surface area (Å²) in [6.45, 7) is 0.711. The number of rotatable bonds is 6. The van der Waals surface area contributed by atoms with E-state index in [1.165, 1.54) is 12.1 Å². The third kappa shape index (κ3) is 3.72. The molecule has 0 fully saturated rings. The van der Waals surface area contributed by atoms with Crippen molar-refractivity contribution in [3.8, 4) is 11.3 Å². The standard InChI is InChI=1S/C14H16Cl2FN3/c15-10-7-11(16)12(17)6-9(10)13-8-19-14(20-13)4-2-1-3-5-18/h6-8H,1-5,18H2,(H,19,20). The Morgan fingerprint density at radius 1 is 1.15 bits per heavy atom. The number of benzene rings is 1. The molecule has 0 aliphatic rings. The van der Waals surface area contributed by atoms with E-state index in [4.69, 9.17) is 28.9 Å². The summed E-state index contributed by atoms with van der Waals surface area (Å²) in [6, 6.07) is 2.71. The van der Waals surface area contributed by atoms with Crippen LogP contribution in [-0.2, 0) is 6.42 Å². The molecule has 0 aliphatic heterocycles. The molecule has 0 unspecified atom stereocenters. The summed E-state index contributed by atoms with van der Waals surface area (Å²) in [7, 11) is 0. The van der Waals surface area contributed by atoms with Gasteiger partial charge in [-0.2, -0.15) is 0 Å².